The standard InChI is InChI=1S/C15H12BrNO4/c1-21-15(20)10-3-2-4-11(7-10)17-14(19)9-5-6-12(16)13(18)8-9/h2-8,18H,1H3,(H,17,19). The van der Waals surface area contributed by atoms with Crippen LogP contribution in [0.4, 0.5) is 5.69 Å². The number of hydrogen-bond donors (Lipinski definition) is 2. The minimum Gasteiger partial charge on any atom is -0.507 e. The number of phenols is 1. The van der Waals surface area contributed by atoms with Crippen molar-refractivity contribution < 1.29 is 19.4 Å². The molecule has 2 rings (SSSR count). The Labute approximate surface area is 129 Å². The van der Waals surface area contributed by atoms with Crippen LogP contribution in [0.25, 0.3) is 0 Å². The zero-order valence-corrected chi connectivity index (χ0v) is 12.7. The molecule has 0 aliphatic heterocycles. The summed E-state index contributed by atoms with van der Waals surface area (Å²) < 4.78 is 5.13. The number of halogens is 1. The fourth-order valence-corrected chi connectivity index (χ4v) is 1.95. The van der Waals surface area contributed by atoms with Crippen LogP contribution in [0.3, 0.4) is 0 Å². The summed E-state index contributed by atoms with van der Waals surface area (Å²) >= 11 is 3.15. The van der Waals surface area contributed by atoms with Gasteiger partial charge < -0.3 is 15.2 Å². The van der Waals surface area contributed by atoms with Gasteiger partial charge in [0.15, 0.2) is 0 Å². The van der Waals surface area contributed by atoms with Gasteiger partial charge in [-0.3, -0.25) is 4.79 Å². The monoisotopic (exact) mass is 349 g/mol. The zero-order chi connectivity index (χ0) is 15.4. The molecule has 0 spiro atoms. The third-order valence-corrected chi connectivity index (χ3v) is 3.42. The minimum atomic E-state index is -0.479. The molecule has 5 nitrogen and oxygen atoms in total. The summed E-state index contributed by atoms with van der Waals surface area (Å²) in [5.74, 6) is -0.891. The maximum Gasteiger partial charge on any atom is 0.337 e. The number of ether oxygens (including phenoxy) is 1. The average Bonchev–Trinajstić information content (AvgIpc) is 2.49. The molecule has 0 heterocycles. The van der Waals surface area contributed by atoms with Crippen LogP contribution in [0.15, 0.2) is 46.9 Å². The number of methoxy groups -OCH3 is 1. The summed E-state index contributed by atoms with van der Waals surface area (Å²) in [5.41, 5.74) is 1.11. The van der Waals surface area contributed by atoms with Gasteiger partial charge in [0.05, 0.1) is 17.1 Å². The normalized spacial score (nSPS) is 10.0. The molecular weight excluding hydrogens is 338 g/mol. The first-order valence-corrected chi connectivity index (χ1v) is 6.79. The average molecular weight is 350 g/mol. The number of aromatic hydroxyl groups is 1. The molecule has 0 bridgehead atoms. The third-order valence-electron chi connectivity index (χ3n) is 2.75. The molecule has 0 aliphatic carbocycles. The molecule has 0 saturated carbocycles. The van der Waals surface area contributed by atoms with Crippen molar-refractivity contribution in [2.45, 2.75) is 0 Å². The van der Waals surface area contributed by atoms with Crippen LogP contribution in [-0.4, -0.2) is 24.1 Å². The van der Waals surface area contributed by atoms with Crippen molar-refractivity contribution in [3.8, 4) is 5.75 Å². The van der Waals surface area contributed by atoms with Crippen LogP contribution in [-0.2, 0) is 4.74 Å². The number of nitrogens with one attached hydrogen (secondary N) is 1. The van der Waals surface area contributed by atoms with E-state index in [2.05, 4.69) is 26.0 Å². The van der Waals surface area contributed by atoms with Gasteiger partial charge in [0.2, 0.25) is 0 Å². The van der Waals surface area contributed by atoms with Crippen molar-refractivity contribution in [2.24, 2.45) is 0 Å². The Morgan fingerprint density at radius 1 is 1.14 bits per heavy atom. The molecule has 0 saturated heterocycles. The van der Waals surface area contributed by atoms with Crippen LogP contribution in [0.5, 0.6) is 5.75 Å². The van der Waals surface area contributed by atoms with Gasteiger partial charge in [0.25, 0.3) is 5.91 Å². The SMILES string of the molecule is COC(=O)c1cccc(NC(=O)c2ccc(Br)c(O)c2)c1. The van der Waals surface area contributed by atoms with Crippen molar-refractivity contribution in [2.75, 3.05) is 12.4 Å². The van der Waals surface area contributed by atoms with Gasteiger partial charge in [0.1, 0.15) is 5.75 Å². The molecule has 0 radical (unpaired) electrons. The Balaban J connectivity index is 2.19. The topological polar surface area (TPSA) is 75.6 Å². The van der Waals surface area contributed by atoms with Gasteiger partial charge in [0, 0.05) is 11.3 Å². The Hall–Kier alpha value is -2.34. The highest BCUT2D eigenvalue weighted by atomic mass is 79.9. The summed E-state index contributed by atoms with van der Waals surface area (Å²) in [6.07, 6.45) is 0. The summed E-state index contributed by atoms with van der Waals surface area (Å²) in [7, 11) is 1.29. The molecule has 0 aromatic heterocycles. The van der Waals surface area contributed by atoms with E-state index in [-0.39, 0.29) is 11.7 Å². The number of rotatable bonds is 3. The van der Waals surface area contributed by atoms with E-state index in [0.29, 0.717) is 21.3 Å². The number of amides is 1. The smallest absolute Gasteiger partial charge is 0.337 e. The number of esters is 1. The van der Waals surface area contributed by atoms with Crippen molar-refractivity contribution in [3.63, 3.8) is 0 Å². The number of phenolic OH excluding ortho intramolecular Hbond substituents is 1. The first-order valence-electron chi connectivity index (χ1n) is 5.99. The Bertz CT molecular complexity index is 700. The zero-order valence-electron chi connectivity index (χ0n) is 11.1. The molecule has 6 heteroatoms. The van der Waals surface area contributed by atoms with E-state index in [0.717, 1.165) is 0 Å². The molecule has 2 aromatic carbocycles. The molecule has 21 heavy (non-hydrogen) atoms. The number of anilines is 1. The van der Waals surface area contributed by atoms with Gasteiger partial charge in [-0.1, -0.05) is 6.07 Å². The molecule has 0 fully saturated rings. The molecular formula is C15H12BrNO4. The quantitative estimate of drug-likeness (QED) is 0.834. The lowest BCUT2D eigenvalue weighted by atomic mass is 10.1. The third kappa shape index (κ3) is 3.61. The Morgan fingerprint density at radius 3 is 2.57 bits per heavy atom. The number of benzene rings is 2. The van der Waals surface area contributed by atoms with Gasteiger partial charge in [-0.2, -0.15) is 0 Å². The van der Waals surface area contributed by atoms with E-state index in [9.17, 15) is 14.7 Å². The predicted octanol–water partition coefficient (Wildman–Crippen LogP) is 3.19. The van der Waals surface area contributed by atoms with Gasteiger partial charge in [-0.15, -0.1) is 0 Å². The minimum absolute atomic E-state index is 0.0223. The molecule has 0 aliphatic rings. The fraction of sp³-hybridized carbons (Fsp3) is 0.0667. The van der Waals surface area contributed by atoms with E-state index < -0.39 is 5.97 Å². The summed E-state index contributed by atoms with van der Waals surface area (Å²) in [6, 6.07) is 10.9. The second-order valence-electron chi connectivity index (χ2n) is 4.19. The van der Waals surface area contributed by atoms with E-state index in [4.69, 9.17) is 0 Å². The van der Waals surface area contributed by atoms with Crippen molar-refractivity contribution in [3.05, 3.63) is 58.1 Å². The molecule has 2 aromatic rings. The van der Waals surface area contributed by atoms with Gasteiger partial charge in [-0.05, 0) is 52.3 Å². The van der Waals surface area contributed by atoms with Crippen LogP contribution in [0, 0.1) is 0 Å². The molecule has 0 atom stereocenters. The van der Waals surface area contributed by atoms with Crippen LogP contribution in [0.1, 0.15) is 20.7 Å². The van der Waals surface area contributed by atoms with Crippen LogP contribution < -0.4 is 5.32 Å². The number of carbonyl (C=O) groups excluding carboxylic acids is 2. The van der Waals surface area contributed by atoms with Crippen LogP contribution in [0.2, 0.25) is 0 Å². The van der Waals surface area contributed by atoms with Gasteiger partial charge in [-0.25, -0.2) is 4.79 Å². The van der Waals surface area contributed by atoms with E-state index in [1.165, 1.54) is 19.2 Å². The van der Waals surface area contributed by atoms with Crippen molar-refractivity contribution >= 4 is 33.5 Å². The highest BCUT2D eigenvalue weighted by Crippen LogP contribution is 2.24. The van der Waals surface area contributed by atoms with Gasteiger partial charge >= 0.3 is 5.97 Å². The first kappa shape index (κ1) is 15.1. The highest BCUT2D eigenvalue weighted by Gasteiger charge is 2.10. The first-order chi connectivity index (χ1) is 10.0. The van der Waals surface area contributed by atoms with E-state index in [1.54, 1.807) is 30.3 Å². The number of carbonyl (C=O) groups is 2. The molecule has 108 valence electrons. The van der Waals surface area contributed by atoms with Crippen molar-refractivity contribution in [1.29, 1.82) is 0 Å². The van der Waals surface area contributed by atoms with E-state index >= 15 is 0 Å². The second kappa shape index (κ2) is 6.41. The lowest BCUT2D eigenvalue weighted by molar-refractivity contribution is 0.0600. The fourth-order valence-electron chi connectivity index (χ4n) is 1.70. The lowest BCUT2D eigenvalue weighted by Gasteiger charge is -2.07. The van der Waals surface area contributed by atoms with Crippen LogP contribution >= 0.6 is 15.9 Å². The largest absolute Gasteiger partial charge is 0.507 e. The number of hydrogen-bond acceptors (Lipinski definition) is 4. The highest BCUT2D eigenvalue weighted by molar-refractivity contribution is 9.10. The Morgan fingerprint density at radius 2 is 1.90 bits per heavy atom. The van der Waals surface area contributed by atoms with E-state index in [1.807, 2.05) is 0 Å². The van der Waals surface area contributed by atoms with Crippen molar-refractivity contribution in [1.82, 2.24) is 0 Å². The second-order valence-corrected chi connectivity index (χ2v) is 5.05. The maximum absolute atomic E-state index is 12.1. The Kier molecular flexibility index (Phi) is 4.59. The lowest BCUT2D eigenvalue weighted by Crippen LogP contribution is -2.12. The maximum atomic E-state index is 12.1. The molecule has 0 unspecified atom stereocenters. The summed E-state index contributed by atoms with van der Waals surface area (Å²) in [5, 5.41) is 12.2. The molecule has 1 amide bonds. The summed E-state index contributed by atoms with van der Waals surface area (Å²) in [6.45, 7) is 0. The summed E-state index contributed by atoms with van der Waals surface area (Å²) in [4.78, 5) is 23.5. The molecule has 2 N–H and O–H groups in total. The predicted molar refractivity (Wildman–Crippen MR) is 81.5 cm³/mol.